The normalized spacial score (nSPS) is 11.0. The molecule has 0 aliphatic rings. The second kappa shape index (κ2) is 7.12. The summed E-state index contributed by atoms with van der Waals surface area (Å²) < 4.78 is 0. The molecule has 0 spiro atoms. The number of aryl methyl sites for hydroxylation is 1. The number of nitrogens with one attached hydrogen (secondary N) is 3. The average Bonchev–Trinajstić information content (AvgIpc) is 3.17. The van der Waals surface area contributed by atoms with Gasteiger partial charge in [0.25, 0.3) is 0 Å². The van der Waals surface area contributed by atoms with Crippen molar-refractivity contribution < 1.29 is 0 Å². The van der Waals surface area contributed by atoms with E-state index in [-0.39, 0.29) is 12.4 Å². The molecule has 2 aromatic carbocycles. The van der Waals surface area contributed by atoms with Crippen LogP contribution in [0.25, 0.3) is 21.8 Å². The van der Waals surface area contributed by atoms with Crippen LogP contribution in [0.2, 0.25) is 0 Å². The molecule has 0 saturated heterocycles. The molecular weight excluding hydrogens is 318 g/mol. The number of aromatic amines is 2. The first kappa shape index (κ1) is 16.6. The van der Waals surface area contributed by atoms with Gasteiger partial charge in [-0.1, -0.05) is 17.7 Å². The first-order chi connectivity index (χ1) is 11.3. The van der Waals surface area contributed by atoms with Crippen LogP contribution in [-0.4, -0.2) is 16.5 Å². The van der Waals surface area contributed by atoms with Crippen molar-refractivity contribution in [3.05, 3.63) is 71.5 Å². The monoisotopic (exact) mass is 339 g/mol. The largest absolute Gasteiger partial charge is 0.361 e. The maximum atomic E-state index is 3.55. The highest BCUT2D eigenvalue weighted by atomic mass is 35.5. The summed E-state index contributed by atoms with van der Waals surface area (Å²) in [5.74, 6) is 0. The van der Waals surface area contributed by atoms with E-state index in [2.05, 4.69) is 70.9 Å². The summed E-state index contributed by atoms with van der Waals surface area (Å²) in [6, 6.07) is 15.3. The number of rotatable bonds is 5. The summed E-state index contributed by atoms with van der Waals surface area (Å²) in [5.41, 5.74) is 6.45. The van der Waals surface area contributed by atoms with Gasteiger partial charge in [-0.15, -0.1) is 12.4 Å². The summed E-state index contributed by atoms with van der Waals surface area (Å²) in [5, 5.41) is 6.17. The number of halogens is 1. The van der Waals surface area contributed by atoms with Gasteiger partial charge in [-0.3, -0.25) is 0 Å². The molecule has 3 N–H and O–H groups in total. The van der Waals surface area contributed by atoms with E-state index < -0.39 is 0 Å². The van der Waals surface area contributed by atoms with Gasteiger partial charge in [0.15, 0.2) is 0 Å². The van der Waals surface area contributed by atoms with Crippen molar-refractivity contribution >= 4 is 34.2 Å². The Hall–Kier alpha value is -2.23. The Morgan fingerprint density at radius 2 is 1.83 bits per heavy atom. The zero-order chi connectivity index (χ0) is 15.6. The molecule has 0 radical (unpaired) electrons. The standard InChI is InChI=1S/C20H21N3.ClH/c1-14-2-4-20-18(10-14)17(13-23-20)6-8-21-12-15-3-5-19-16(11-15)7-9-22-19;/h2-5,7,9-11,13,21-23H,6,8,12H2,1H3;1H. The van der Waals surface area contributed by atoms with Crippen LogP contribution in [0.1, 0.15) is 16.7 Å². The van der Waals surface area contributed by atoms with Crippen LogP contribution in [0.15, 0.2) is 54.9 Å². The summed E-state index contributed by atoms with van der Waals surface area (Å²) in [6.45, 7) is 4.03. The van der Waals surface area contributed by atoms with Crippen LogP contribution < -0.4 is 5.32 Å². The van der Waals surface area contributed by atoms with Crippen LogP contribution >= 0.6 is 12.4 Å². The summed E-state index contributed by atoms with van der Waals surface area (Å²) in [7, 11) is 0. The van der Waals surface area contributed by atoms with Crippen molar-refractivity contribution in [2.45, 2.75) is 19.9 Å². The van der Waals surface area contributed by atoms with Gasteiger partial charge in [0, 0.05) is 35.4 Å². The molecule has 0 unspecified atom stereocenters. The third-order valence-electron chi connectivity index (χ3n) is 4.44. The third kappa shape index (κ3) is 3.32. The highest BCUT2D eigenvalue weighted by molar-refractivity contribution is 5.85. The number of benzene rings is 2. The van der Waals surface area contributed by atoms with Crippen molar-refractivity contribution in [2.24, 2.45) is 0 Å². The molecule has 24 heavy (non-hydrogen) atoms. The molecule has 4 rings (SSSR count). The third-order valence-corrected chi connectivity index (χ3v) is 4.44. The van der Waals surface area contributed by atoms with Gasteiger partial charge in [0.2, 0.25) is 0 Å². The Morgan fingerprint density at radius 3 is 2.75 bits per heavy atom. The van der Waals surface area contributed by atoms with Gasteiger partial charge in [-0.2, -0.15) is 0 Å². The lowest BCUT2D eigenvalue weighted by Gasteiger charge is -2.05. The van der Waals surface area contributed by atoms with Crippen LogP contribution in [0.3, 0.4) is 0 Å². The Bertz CT molecular complexity index is 952. The van der Waals surface area contributed by atoms with E-state index in [0.717, 1.165) is 19.5 Å². The Kier molecular flexibility index (Phi) is 4.93. The lowest BCUT2D eigenvalue weighted by Crippen LogP contribution is -2.16. The van der Waals surface area contributed by atoms with E-state index in [4.69, 9.17) is 0 Å². The van der Waals surface area contributed by atoms with Gasteiger partial charge in [-0.25, -0.2) is 0 Å². The number of hydrogen-bond donors (Lipinski definition) is 3. The topological polar surface area (TPSA) is 43.6 Å². The van der Waals surface area contributed by atoms with E-state index in [1.54, 1.807) is 0 Å². The predicted octanol–water partition coefficient (Wildman–Crippen LogP) is 4.71. The van der Waals surface area contributed by atoms with Gasteiger partial charge in [0.05, 0.1) is 0 Å². The Labute approximate surface area is 147 Å². The predicted molar refractivity (Wildman–Crippen MR) is 104 cm³/mol. The summed E-state index contributed by atoms with van der Waals surface area (Å²) in [6.07, 6.45) is 5.16. The lowest BCUT2D eigenvalue weighted by atomic mass is 10.1. The zero-order valence-corrected chi connectivity index (χ0v) is 14.5. The van der Waals surface area contributed by atoms with Gasteiger partial charge < -0.3 is 15.3 Å². The van der Waals surface area contributed by atoms with Crippen molar-refractivity contribution in [3.8, 4) is 0 Å². The smallest absolute Gasteiger partial charge is 0.0456 e. The minimum atomic E-state index is 0. The minimum absolute atomic E-state index is 0. The molecule has 124 valence electrons. The number of aromatic nitrogens is 2. The number of fused-ring (bicyclic) bond motifs is 2. The molecule has 0 fully saturated rings. The molecule has 4 aromatic rings. The molecule has 0 aliphatic heterocycles. The van der Waals surface area contributed by atoms with Crippen LogP contribution in [0.5, 0.6) is 0 Å². The summed E-state index contributed by atoms with van der Waals surface area (Å²) in [4.78, 5) is 6.59. The second-order valence-electron chi connectivity index (χ2n) is 6.19. The zero-order valence-electron chi connectivity index (χ0n) is 13.7. The molecule has 3 nitrogen and oxygen atoms in total. The van der Waals surface area contributed by atoms with Crippen LogP contribution in [-0.2, 0) is 13.0 Å². The molecule has 4 heteroatoms. The fourth-order valence-corrected chi connectivity index (χ4v) is 3.17. The molecular formula is C20H22ClN3. The molecule has 0 bridgehead atoms. The minimum Gasteiger partial charge on any atom is -0.361 e. The fraction of sp³-hybridized carbons (Fsp3) is 0.200. The maximum Gasteiger partial charge on any atom is 0.0456 e. The molecule has 2 heterocycles. The van der Waals surface area contributed by atoms with E-state index >= 15 is 0 Å². The van der Waals surface area contributed by atoms with Crippen LogP contribution in [0.4, 0.5) is 0 Å². The van der Waals surface area contributed by atoms with Gasteiger partial charge in [0.1, 0.15) is 0 Å². The van der Waals surface area contributed by atoms with Crippen molar-refractivity contribution in [3.63, 3.8) is 0 Å². The first-order valence-electron chi connectivity index (χ1n) is 8.13. The van der Waals surface area contributed by atoms with Crippen molar-refractivity contribution in [1.29, 1.82) is 0 Å². The molecule has 0 saturated carbocycles. The van der Waals surface area contributed by atoms with E-state index in [9.17, 15) is 0 Å². The van der Waals surface area contributed by atoms with Crippen LogP contribution in [0, 0.1) is 6.92 Å². The van der Waals surface area contributed by atoms with Crippen molar-refractivity contribution in [1.82, 2.24) is 15.3 Å². The van der Waals surface area contributed by atoms with E-state index in [1.165, 1.54) is 38.5 Å². The number of H-pyrrole nitrogens is 2. The Balaban J connectivity index is 0.00000169. The molecule has 0 atom stereocenters. The van der Waals surface area contributed by atoms with Crippen molar-refractivity contribution in [2.75, 3.05) is 6.54 Å². The fourth-order valence-electron chi connectivity index (χ4n) is 3.17. The van der Waals surface area contributed by atoms with Gasteiger partial charge in [-0.05, 0) is 66.7 Å². The first-order valence-corrected chi connectivity index (χ1v) is 8.13. The highest BCUT2D eigenvalue weighted by Gasteiger charge is 2.04. The average molecular weight is 340 g/mol. The second-order valence-corrected chi connectivity index (χ2v) is 6.19. The number of hydrogen-bond acceptors (Lipinski definition) is 1. The summed E-state index contributed by atoms with van der Waals surface area (Å²) >= 11 is 0. The quantitative estimate of drug-likeness (QED) is 0.453. The molecule has 0 aliphatic carbocycles. The highest BCUT2D eigenvalue weighted by Crippen LogP contribution is 2.20. The lowest BCUT2D eigenvalue weighted by molar-refractivity contribution is 0.689. The SMILES string of the molecule is Cc1ccc2[nH]cc(CCNCc3ccc4[nH]ccc4c3)c2c1.Cl. The van der Waals surface area contributed by atoms with Gasteiger partial charge >= 0.3 is 0 Å². The van der Waals surface area contributed by atoms with E-state index in [1.807, 2.05) is 6.20 Å². The molecule has 2 aromatic heterocycles. The maximum absolute atomic E-state index is 3.55. The molecule has 0 amide bonds. The van der Waals surface area contributed by atoms with E-state index in [0.29, 0.717) is 0 Å². The Morgan fingerprint density at radius 1 is 0.958 bits per heavy atom.